The zero-order chi connectivity index (χ0) is 19.8. The Hall–Kier alpha value is -2.80. The van der Waals surface area contributed by atoms with E-state index in [0.717, 1.165) is 0 Å². The van der Waals surface area contributed by atoms with Crippen LogP contribution in [0.2, 0.25) is 0 Å². The molecule has 0 atom stereocenters. The van der Waals surface area contributed by atoms with E-state index in [4.69, 9.17) is 24.7 Å². The van der Waals surface area contributed by atoms with Crippen LogP contribution in [0.1, 0.15) is 31.1 Å². The van der Waals surface area contributed by atoms with E-state index in [-0.39, 0.29) is 18.3 Å². The van der Waals surface area contributed by atoms with E-state index < -0.39 is 0 Å². The molecular weight excluding hydrogens is 384 g/mol. The number of hydrogen-bond donors (Lipinski definition) is 2. The molecule has 2 rings (SSSR count). The molecule has 2 aromatic carbocycles. The van der Waals surface area contributed by atoms with Gasteiger partial charge in [-0.1, -0.05) is 0 Å². The van der Waals surface area contributed by atoms with Gasteiger partial charge in [-0.3, -0.25) is 4.79 Å². The van der Waals surface area contributed by atoms with E-state index >= 15 is 0 Å². The van der Waals surface area contributed by atoms with Crippen molar-refractivity contribution < 1.29 is 23.7 Å². The predicted molar refractivity (Wildman–Crippen MR) is 113 cm³/mol. The molecule has 0 unspecified atom stereocenters. The minimum Gasteiger partial charge on any atom is -0.497 e. The molecular formula is C20H27ClN2O5. The van der Waals surface area contributed by atoms with E-state index in [1.165, 1.54) is 0 Å². The minimum atomic E-state index is -0.347. The molecule has 0 saturated carbocycles. The van der Waals surface area contributed by atoms with Gasteiger partial charge in [0, 0.05) is 11.6 Å². The molecule has 0 aliphatic rings. The van der Waals surface area contributed by atoms with Gasteiger partial charge in [0.25, 0.3) is 5.91 Å². The van der Waals surface area contributed by atoms with Crippen molar-refractivity contribution in [3.63, 3.8) is 0 Å². The third kappa shape index (κ3) is 5.60. The third-order valence-corrected chi connectivity index (χ3v) is 3.68. The number of nitrogens with two attached hydrogens (primary N) is 1. The Morgan fingerprint density at radius 1 is 0.964 bits per heavy atom. The van der Waals surface area contributed by atoms with E-state index in [2.05, 4.69) is 5.32 Å². The molecule has 154 valence electrons. The molecule has 0 saturated heterocycles. The van der Waals surface area contributed by atoms with Crippen LogP contribution >= 0.6 is 12.4 Å². The van der Waals surface area contributed by atoms with Crippen molar-refractivity contribution in [1.29, 1.82) is 0 Å². The average molecular weight is 411 g/mol. The van der Waals surface area contributed by atoms with Gasteiger partial charge in [-0.05, 0) is 45.0 Å². The van der Waals surface area contributed by atoms with Crippen LogP contribution in [0.5, 0.6) is 23.0 Å². The number of anilines is 2. The molecule has 0 radical (unpaired) electrons. The lowest BCUT2D eigenvalue weighted by molar-refractivity contribution is 0.102. The van der Waals surface area contributed by atoms with Crippen LogP contribution in [-0.2, 0) is 0 Å². The first-order valence-electron chi connectivity index (χ1n) is 8.85. The Morgan fingerprint density at radius 3 is 2.04 bits per heavy atom. The zero-order valence-electron chi connectivity index (χ0n) is 16.5. The maximum Gasteiger partial charge on any atom is 0.256 e. The maximum absolute atomic E-state index is 12.8. The summed E-state index contributed by atoms with van der Waals surface area (Å²) in [5, 5.41) is 2.80. The van der Waals surface area contributed by atoms with Gasteiger partial charge in [0.15, 0.2) is 11.5 Å². The number of benzene rings is 2. The minimum absolute atomic E-state index is 0. The van der Waals surface area contributed by atoms with Crippen molar-refractivity contribution >= 4 is 29.7 Å². The normalized spacial score (nSPS) is 9.86. The highest BCUT2D eigenvalue weighted by molar-refractivity contribution is 6.06. The lowest BCUT2D eigenvalue weighted by Crippen LogP contribution is -2.14. The molecule has 3 N–H and O–H groups in total. The van der Waals surface area contributed by atoms with Gasteiger partial charge >= 0.3 is 0 Å². The van der Waals surface area contributed by atoms with Crippen molar-refractivity contribution in [3.05, 3.63) is 35.9 Å². The lowest BCUT2D eigenvalue weighted by Gasteiger charge is -2.17. The molecule has 7 nitrogen and oxygen atoms in total. The maximum atomic E-state index is 12.8. The van der Waals surface area contributed by atoms with E-state index in [9.17, 15) is 4.79 Å². The molecule has 0 spiro atoms. The van der Waals surface area contributed by atoms with Crippen LogP contribution in [0.3, 0.4) is 0 Å². The summed E-state index contributed by atoms with van der Waals surface area (Å²) in [6.45, 7) is 6.91. The molecule has 8 heteroatoms. The summed E-state index contributed by atoms with van der Waals surface area (Å²) in [7, 11) is 1.55. The average Bonchev–Trinajstić information content (AvgIpc) is 2.66. The van der Waals surface area contributed by atoms with Crippen LogP contribution in [0.15, 0.2) is 30.3 Å². The Labute approximate surface area is 171 Å². The van der Waals surface area contributed by atoms with Gasteiger partial charge in [0.05, 0.1) is 38.3 Å². The van der Waals surface area contributed by atoms with Gasteiger partial charge in [-0.25, -0.2) is 0 Å². The summed E-state index contributed by atoms with van der Waals surface area (Å²) in [4.78, 5) is 12.8. The SMILES string of the molecule is CCOc1cc(C(=O)Nc2cc(OC)ccc2N)cc(OCC)c1OCC.Cl. The van der Waals surface area contributed by atoms with E-state index in [0.29, 0.717) is 59.8 Å². The number of nitrogens with one attached hydrogen (secondary N) is 1. The Bertz CT molecular complexity index is 771. The van der Waals surface area contributed by atoms with Gasteiger partial charge in [-0.15, -0.1) is 12.4 Å². The number of methoxy groups -OCH3 is 1. The molecule has 0 fully saturated rings. The summed E-state index contributed by atoms with van der Waals surface area (Å²) in [6.07, 6.45) is 0. The number of carbonyl (C=O) groups excluding carboxylic acids is 1. The monoisotopic (exact) mass is 410 g/mol. The van der Waals surface area contributed by atoms with Crippen molar-refractivity contribution in [2.75, 3.05) is 38.0 Å². The third-order valence-electron chi connectivity index (χ3n) is 3.68. The number of ether oxygens (including phenoxy) is 4. The second kappa shape index (κ2) is 11.1. The highest BCUT2D eigenvalue weighted by Gasteiger charge is 2.19. The van der Waals surface area contributed by atoms with Gasteiger partial charge in [-0.2, -0.15) is 0 Å². The quantitative estimate of drug-likeness (QED) is 0.603. The largest absolute Gasteiger partial charge is 0.497 e. The number of halogens is 1. The smallest absolute Gasteiger partial charge is 0.256 e. The topological polar surface area (TPSA) is 92.0 Å². The molecule has 0 aromatic heterocycles. The summed E-state index contributed by atoms with van der Waals surface area (Å²) >= 11 is 0. The first-order chi connectivity index (χ1) is 13.0. The van der Waals surface area contributed by atoms with Gasteiger partial charge in [0.1, 0.15) is 5.75 Å². The predicted octanol–water partition coefficient (Wildman–Crippen LogP) is 4.15. The highest BCUT2D eigenvalue weighted by atomic mass is 35.5. The second-order valence-electron chi connectivity index (χ2n) is 5.51. The zero-order valence-corrected chi connectivity index (χ0v) is 17.4. The Kier molecular flexibility index (Phi) is 9.24. The molecule has 0 bridgehead atoms. The first-order valence-corrected chi connectivity index (χ1v) is 8.85. The summed E-state index contributed by atoms with van der Waals surface area (Å²) in [5.41, 5.74) is 7.22. The summed E-state index contributed by atoms with van der Waals surface area (Å²) in [5.74, 6) is 1.64. The number of amides is 1. The number of carbonyl (C=O) groups is 1. The van der Waals surface area contributed by atoms with E-state index in [1.807, 2.05) is 20.8 Å². The van der Waals surface area contributed by atoms with Crippen molar-refractivity contribution in [3.8, 4) is 23.0 Å². The molecule has 0 aliphatic carbocycles. The fourth-order valence-electron chi connectivity index (χ4n) is 2.48. The van der Waals surface area contributed by atoms with Crippen LogP contribution < -0.4 is 30.0 Å². The summed E-state index contributed by atoms with van der Waals surface area (Å²) in [6, 6.07) is 8.31. The second-order valence-corrected chi connectivity index (χ2v) is 5.51. The number of hydrogen-bond acceptors (Lipinski definition) is 6. The molecule has 0 aliphatic heterocycles. The van der Waals surface area contributed by atoms with E-state index in [1.54, 1.807) is 37.4 Å². The summed E-state index contributed by atoms with van der Waals surface area (Å²) < 4.78 is 22.1. The lowest BCUT2D eigenvalue weighted by atomic mass is 10.1. The van der Waals surface area contributed by atoms with Gasteiger partial charge < -0.3 is 30.0 Å². The molecule has 1 amide bonds. The standard InChI is InChI=1S/C20H26N2O5.ClH/c1-5-25-17-10-13(11-18(26-6-2)19(17)27-7-3)20(23)22-16-12-14(24-4)8-9-15(16)21;/h8-12H,5-7,21H2,1-4H3,(H,22,23);1H. The fourth-order valence-corrected chi connectivity index (χ4v) is 2.48. The van der Waals surface area contributed by atoms with Crippen LogP contribution in [0, 0.1) is 0 Å². The van der Waals surface area contributed by atoms with Gasteiger partial charge in [0.2, 0.25) is 5.75 Å². The van der Waals surface area contributed by atoms with Crippen molar-refractivity contribution in [2.45, 2.75) is 20.8 Å². The first kappa shape index (κ1) is 23.2. The van der Waals surface area contributed by atoms with Crippen LogP contribution in [0.25, 0.3) is 0 Å². The highest BCUT2D eigenvalue weighted by Crippen LogP contribution is 2.39. The number of nitrogen functional groups attached to an aromatic ring is 1. The van der Waals surface area contributed by atoms with Crippen molar-refractivity contribution in [1.82, 2.24) is 0 Å². The molecule has 0 heterocycles. The number of rotatable bonds is 9. The Morgan fingerprint density at radius 2 is 1.54 bits per heavy atom. The molecule has 28 heavy (non-hydrogen) atoms. The Balaban J connectivity index is 0.00000392. The van der Waals surface area contributed by atoms with Crippen LogP contribution in [0.4, 0.5) is 11.4 Å². The fraction of sp³-hybridized carbons (Fsp3) is 0.350. The molecule has 2 aromatic rings. The van der Waals surface area contributed by atoms with Crippen LogP contribution in [-0.4, -0.2) is 32.8 Å². The van der Waals surface area contributed by atoms with Crippen molar-refractivity contribution in [2.24, 2.45) is 0 Å².